The molecule has 0 aliphatic carbocycles. The van der Waals surface area contributed by atoms with Crippen LogP contribution in [0.1, 0.15) is 31.8 Å². The number of hydrogen-bond acceptors (Lipinski definition) is 6. The molecule has 0 saturated heterocycles. The highest BCUT2D eigenvalue weighted by Gasteiger charge is 2.30. The standard InChI is InChI=1S/C26H18O6/c1-16-12-19(31-26(28)18-10-11-20-22(13-18)30-15-29-20)14-23-24(16)25(27)21(32-23)9-5-8-17-6-3-2-4-7-17/h2-14H,15H2,1H3/b8-5+,21-9-. The fourth-order valence-corrected chi connectivity index (χ4v) is 3.55. The summed E-state index contributed by atoms with van der Waals surface area (Å²) in [5, 5.41) is 0. The van der Waals surface area contributed by atoms with E-state index in [4.69, 9.17) is 18.9 Å². The van der Waals surface area contributed by atoms with Gasteiger partial charge in [-0.1, -0.05) is 42.5 Å². The largest absolute Gasteiger partial charge is 0.454 e. The lowest BCUT2D eigenvalue weighted by Crippen LogP contribution is -2.08. The number of carbonyl (C=O) groups excluding carboxylic acids is 2. The van der Waals surface area contributed by atoms with Gasteiger partial charge in [-0.3, -0.25) is 4.79 Å². The summed E-state index contributed by atoms with van der Waals surface area (Å²) in [6.45, 7) is 1.90. The van der Waals surface area contributed by atoms with Crippen molar-refractivity contribution in [2.75, 3.05) is 6.79 Å². The Balaban J connectivity index is 1.34. The van der Waals surface area contributed by atoms with Gasteiger partial charge >= 0.3 is 5.97 Å². The smallest absolute Gasteiger partial charge is 0.343 e. The van der Waals surface area contributed by atoms with Crippen LogP contribution in [0.3, 0.4) is 0 Å². The highest BCUT2D eigenvalue weighted by atomic mass is 16.7. The number of Topliss-reactive ketones (excluding diaryl/α,β-unsaturated/α-hetero) is 1. The van der Waals surface area contributed by atoms with Crippen molar-refractivity contribution in [3.8, 4) is 23.0 Å². The summed E-state index contributed by atoms with van der Waals surface area (Å²) >= 11 is 0. The van der Waals surface area contributed by atoms with Crippen molar-refractivity contribution >= 4 is 17.8 Å². The van der Waals surface area contributed by atoms with E-state index in [0.717, 1.165) is 5.56 Å². The van der Waals surface area contributed by atoms with E-state index in [2.05, 4.69) is 0 Å². The zero-order valence-electron chi connectivity index (χ0n) is 17.2. The summed E-state index contributed by atoms with van der Waals surface area (Å²) in [4.78, 5) is 25.3. The third-order valence-electron chi connectivity index (χ3n) is 5.10. The minimum Gasteiger partial charge on any atom is -0.454 e. The third kappa shape index (κ3) is 3.74. The minimum atomic E-state index is -0.548. The molecular formula is C26H18O6. The number of rotatable bonds is 4. The highest BCUT2D eigenvalue weighted by molar-refractivity contribution is 6.13. The van der Waals surface area contributed by atoms with Crippen LogP contribution < -0.4 is 18.9 Å². The lowest BCUT2D eigenvalue weighted by atomic mass is 10.0. The molecule has 3 aromatic rings. The summed E-state index contributed by atoms with van der Waals surface area (Å²) in [5.41, 5.74) is 2.47. The van der Waals surface area contributed by atoms with Crippen LogP contribution in [0.4, 0.5) is 0 Å². The summed E-state index contributed by atoms with van der Waals surface area (Å²) in [7, 11) is 0. The fraction of sp³-hybridized carbons (Fsp3) is 0.0769. The van der Waals surface area contributed by atoms with Gasteiger partial charge in [-0.2, -0.15) is 0 Å². The second-order valence-electron chi connectivity index (χ2n) is 7.30. The van der Waals surface area contributed by atoms with Crippen LogP contribution in [0.2, 0.25) is 0 Å². The molecule has 0 radical (unpaired) electrons. The van der Waals surface area contributed by atoms with Gasteiger partial charge < -0.3 is 18.9 Å². The number of fused-ring (bicyclic) bond motifs is 2. The van der Waals surface area contributed by atoms with Crippen LogP contribution in [0.15, 0.2) is 78.6 Å². The molecule has 2 aliphatic rings. The van der Waals surface area contributed by atoms with E-state index >= 15 is 0 Å². The number of allylic oxidation sites excluding steroid dienone is 3. The van der Waals surface area contributed by atoms with E-state index in [1.54, 1.807) is 49.4 Å². The van der Waals surface area contributed by atoms with E-state index in [1.165, 1.54) is 0 Å². The van der Waals surface area contributed by atoms with Crippen molar-refractivity contribution in [3.63, 3.8) is 0 Å². The molecule has 5 rings (SSSR count). The van der Waals surface area contributed by atoms with Crippen LogP contribution in [-0.4, -0.2) is 18.5 Å². The number of ether oxygens (including phenoxy) is 4. The predicted octanol–water partition coefficient (Wildman–Crippen LogP) is 5.12. The Hall–Kier alpha value is -4.32. The number of benzene rings is 3. The first-order valence-corrected chi connectivity index (χ1v) is 10.0. The summed E-state index contributed by atoms with van der Waals surface area (Å²) in [6.07, 6.45) is 5.29. The lowest BCUT2D eigenvalue weighted by Gasteiger charge is -2.08. The maximum absolute atomic E-state index is 12.8. The normalized spacial score (nSPS) is 15.2. The predicted molar refractivity (Wildman–Crippen MR) is 117 cm³/mol. The van der Waals surface area contributed by atoms with Crippen LogP contribution in [-0.2, 0) is 0 Å². The Morgan fingerprint density at radius 1 is 0.969 bits per heavy atom. The Bertz CT molecular complexity index is 1290. The molecule has 32 heavy (non-hydrogen) atoms. The third-order valence-corrected chi connectivity index (χ3v) is 5.10. The van der Waals surface area contributed by atoms with Crippen LogP contribution in [0.5, 0.6) is 23.0 Å². The van der Waals surface area contributed by atoms with E-state index in [0.29, 0.717) is 33.9 Å². The first-order chi connectivity index (χ1) is 15.6. The molecule has 6 heteroatoms. The van der Waals surface area contributed by atoms with Gasteiger partial charge in [0.1, 0.15) is 11.5 Å². The van der Waals surface area contributed by atoms with E-state index in [9.17, 15) is 9.59 Å². The Morgan fingerprint density at radius 3 is 2.62 bits per heavy atom. The first kappa shape index (κ1) is 19.6. The van der Waals surface area contributed by atoms with Crippen LogP contribution in [0, 0.1) is 6.92 Å². The molecule has 158 valence electrons. The molecule has 0 saturated carbocycles. The molecule has 0 bridgehead atoms. The molecule has 2 heterocycles. The Labute approximate surface area is 184 Å². The molecule has 0 amide bonds. The van der Waals surface area contributed by atoms with Gasteiger partial charge in [-0.05, 0) is 48.4 Å². The maximum Gasteiger partial charge on any atom is 0.343 e. The zero-order valence-corrected chi connectivity index (χ0v) is 17.2. The summed E-state index contributed by atoms with van der Waals surface area (Å²) in [6, 6.07) is 17.8. The SMILES string of the molecule is Cc1cc(OC(=O)c2ccc3c(c2)OCO3)cc2c1C(=O)/C(=C/C=C/c1ccccc1)O2. The van der Waals surface area contributed by atoms with Crippen molar-refractivity contribution < 1.29 is 28.5 Å². The van der Waals surface area contributed by atoms with Crippen molar-refractivity contribution in [2.24, 2.45) is 0 Å². The average molecular weight is 426 g/mol. The molecule has 0 unspecified atom stereocenters. The van der Waals surface area contributed by atoms with E-state index < -0.39 is 5.97 Å². The quantitative estimate of drug-likeness (QED) is 0.328. The average Bonchev–Trinajstić information content (AvgIpc) is 3.38. The van der Waals surface area contributed by atoms with Crippen molar-refractivity contribution in [2.45, 2.75) is 6.92 Å². The number of ketones is 1. The Kier molecular flexibility index (Phi) is 4.95. The van der Waals surface area contributed by atoms with Crippen molar-refractivity contribution in [1.29, 1.82) is 0 Å². The zero-order chi connectivity index (χ0) is 22.1. The summed E-state index contributed by atoms with van der Waals surface area (Å²) < 4.78 is 21.8. The highest BCUT2D eigenvalue weighted by Crippen LogP contribution is 2.37. The molecular weight excluding hydrogens is 408 g/mol. The van der Waals surface area contributed by atoms with Gasteiger partial charge in [0.15, 0.2) is 17.3 Å². The van der Waals surface area contributed by atoms with Gasteiger partial charge in [0, 0.05) is 6.07 Å². The van der Waals surface area contributed by atoms with Gasteiger partial charge in [0.05, 0.1) is 11.1 Å². The molecule has 3 aromatic carbocycles. The second kappa shape index (κ2) is 8.07. The maximum atomic E-state index is 12.8. The monoisotopic (exact) mass is 426 g/mol. The second-order valence-corrected chi connectivity index (χ2v) is 7.30. The van der Waals surface area contributed by atoms with Gasteiger partial charge in [-0.25, -0.2) is 4.79 Å². The van der Waals surface area contributed by atoms with Gasteiger partial charge in [0.2, 0.25) is 12.6 Å². The molecule has 0 atom stereocenters. The van der Waals surface area contributed by atoms with Gasteiger partial charge in [-0.15, -0.1) is 0 Å². The van der Waals surface area contributed by atoms with E-state index in [1.807, 2.05) is 36.4 Å². The molecule has 6 nitrogen and oxygen atoms in total. The number of hydrogen-bond donors (Lipinski definition) is 0. The van der Waals surface area contributed by atoms with E-state index in [-0.39, 0.29) is 24.1 Å². The lowest BCUT2D eigenvalue weighted by molar-refractivity contribution is 0.0734. The first-order valence-electron chi connectivity index (χ1n) is 10.0. The van der Waals surface area contributed by atoms with Crippen molar-refractivity contribution in [1.82, 2.24) is 0 Å². The molecule has 0 aromatic heterocycles. The summed E-state index contributed by atoms with van der Waals surface area (Å²) in [5.74, 6) is 1.20. The topological polar surface area (TPSA) is 71.1 Å². The van der Waals surface area contributed by atoms with Crippen molar-refractivity contribution in [3.05, 3.63) is 101 Å². The molecule has 0 spiro atoms. The molecule has 0 N–H and O–H groups in total. The fourth-order valence-electron chi connectivity index (χ4n) is 3.55. The number of aryl methyl sites for hydroxylation is 1. The van der Waals surface area contributed by atoms with Crippen LogP contribution >= 0.6 is 0 Å². The number of carbonyl (C=O) groups is 2. The minimum absolute atomic E-state index is 0.125. The Morgan fingerprint density at radius 2 is 1.78 bits per heavy atom. The number of esters is 1. The molecule has 0 fully saturated rings. The van der Waals surface area contributed by atoms with Gasteiger partial charge in [0.25, 0.3) is 0 Å². The molecule has 2 aliphatic heterocycles. The van der Waals surface area contributed by atoms with Crippen LogP contribution in [0.25, 0.3) is 6.08 Å².